The van der Waals surface area contributed by atoms with Gasteiger partial charge in [0, 0.05) is 36.1 Å². The van der Waals surface area contributed by atoms with Crippen molar-refractivity contribution in [3.8, 4) is 0 Å². The average molecular weight is 443 g/mol. The number of nitrogens with one attached hydrogen (secondary N) is 1. The molecule has 4 rings (SSSR count). The Morgan fingerprint density at radius 3 is 2.68 bits per heavy atom. The predicted octanol–water partition coefficient (Wildman–Crippen LogP) is 5.34. The summed E-state index contributed by atoms with van der Waals surface area (Å²) in [4.78, 5) is 4.38. The first-order chi connectivity index (χ1) is 15.0. The van der Waals surface area contributed by atoms with Crippen LogP contribution in [0, 0.1) is 11.6 Å². The van der Waals surface area contributed by atoms with E-state index in [4.69, 9.17) is 0 Å². The summed E-state index contributed by atoms with van der Waals surface area (Å²) in [6, 6.07) is 10.4. The molecule has 31 heavy (non-hydrogen) atoms. The molecule has 1 aromatic heterocycles. The second kappa shape index (κ2) is 9.98. The minimum Gasteiger partial charge on any atom is -0.391 e. The van der Waals surface area contributed by atoms with Crippen molar-refractivity contribution in [2.45, 2.75) is 57.1 Å². The molecular formula is C25H28F2N2OS. The standard InChI is InChI=1S/C25H28F2N2OS/c1-2-16-6-7-18-4-3-5-23(21(18)12-16)29-15-24(30)22(25-28-8-9-31-25)13-17-10-19(26)14-20(27)11-17/h6-12,14,22-24,29-30H,2-5,13,15H2,1H3. The summed E-state index contributed by atoms with van der Waals surface area (Å²) in [5.41, 5.74) is 4.55. The summed E-state index contributed by atoms with van der Waals surface area (Å²) in [7, 11) is 0. The first-order valence-corrected chi connectivity index (χ1v) is 11.8. The fraction of sp³-hybridized carbons (Fsp3) is 0.400. The average Bonchev–Trinajstić information content (AvgIpc) is 3.29. The molecule has 3 unspecified atom stereocenters. The molecule has 2 aromatic carbocycles. The van der Waals surface area contributed by atoms with E-state index in [1.807, 2.05) is 5.38 Å². The second-order valence-electron chi connectivity index (χ2n) is 8.27. The van der Waals surface area contributed by atoms with E-state index in [0.29, 0.717) is 18.5 Å². The molecule has 0 saturated heterocycles. The van der Waals surface area contributed by atoms with E-state index in [0.717, 1.165) is 36.8 Å². The van der Waals surface area contributed by atoms with Crippen LogP contribution >= 0.6 is 11.3 Å². The number of benzene rings is 2. The van der Waals surface area contributed by atoms with Gasteiger partial charge in [0.1, 0.15) is 11.6 Å². The van der Waals surface area contributed by atoms with E-state index in [9.17, 15) is 13.9 Å². The number of fused-ring (bicyclic) bond motifs is 1. The Morgan fingerprint density at radius 2 is 1.97 bits per heavy atom. The fourth-order valence-corrected chi connectivity index (χ4v) is 5.27. The molecule has 0 amide bonds. The maximum atomic E-state index is 13.7. The van der Waals surface area contributed by atoms with Crippen LogP contribution in [-0.2, 0) is 19.3 Å². The van der Waals surface area contributed by atoms with Crippen LogP contribution in [0.4, 0.5) is 8.78 Å². The lowest BCUT2D eigenvalue weighted by Crippen LogP contribution is -2.36. The van der Waals surface area contributed by atoms with Crippen molar-refractivity contribution in [1.29, 1.82) is 0 Å². The van der Waals surface area contributed by atoms with Crippen LogP contribution in [-0.4, -0.2) is 22.7 Å². The summed E-state index contributed by atoms with van der Waals surface area (Å²) in [6.07, 6.45) is 5.53. The van der Waals surface area contributed by atoms with Crippen LogP contribution in [0.5, 0.6) is 0 Å². The van der Waals surface area contributed by atoms with E-state index in [1.54, 1.807) is 6.20 Å². The molecule has 1 heterocycles. The summed E-state index contributed by atoms with van der Waals surface area (Å²) in [5, 5.41) is 17.3. The number of hydrogen-bond donors (Lipinski definition) is 2. The molecule has 3 aromatic rings. The zero-order valence-corrected chi connectivity index (χ0v) is 18.5. The van der Waals surface area contributed by atoms with Crippen LogP contribution < -0.4 is 5.32 Å². The topological polar surface area (TPSA) is 45.1 Å². The third-order valence-corrected chi connectivity index (χ3v) is 7.02. The Morgan fingerprint density at radius 1 is 1.16 bits per heavy atom. The van der Waals surface area contributed by atoms with Crippen LogP contribution in [0.25, 0.3) is 0 Å². The summed E-state index contributed by atoms with van der Waals surface area (Å²) in [6.45, 7) is 2.55. The Balaban J connectivity index is 1.49. The molecule has 6 heteroatoms. The molecule has 0 spiro atoms. The first-order valence-electron chi connectivity index (χ1n) is 10.9. The van der Waals surface area contributed by atoms with E-state index in [1.165, 1.54) is 40.2 Å². The summed E-state index contributed by atoms with van der Waals surface area (Å²) in [5.74, 6) is -1.55. The fourth-order valence-electron chi connectivity index (χ4n) is 4.47. The third kappa shape index (κ3) is 5.37. The number of rotatable bonds is 8. The minimum absolute atomic E-state index is 0.202. The lowest BCUT2D eigenvalue weighted by Gasteiger charge is -2.29. The van der Waals surface area contributed by atoms with Gasteiger partial charge in [-0.1, -0.05) is 25.1 Å². The molecule has 0 radical (unpaired) electrons. The maximum absolute atomic E-state index is 13.7. The molecule has 3 atom stereocenters. The van der Waals surface area contributed by atoms with Crippen molar-refractivity contribution in [1.82, 2.24) is 10.3 Å². The Bertz CT molecular complexity index is 989. The lowest BCUT2D eigenvalue weighted by atomic mass is 9.86. The van der Waals surface area contributed by atoms with Crippen molar-refractivity contribution in [3.05, 3.63) is 86.9 Å². The Kier molecular flexibility index (Phi) is 7.10. The maximum Gasteiger partial charge on any atom is 0.126 e. The van der Waals surface area contributed by atoms with Gasteiger partial charge in [-0.05, 0) is 66.5 Å². The molecule has 0 fully saturated rings. The quantitative estimate of drug-likeness (QED) is 0.495. The number of nitrogens with zero attached hydrogens (tertiary/aromatic N) is 1. The number of aromatic nitrogens is 1. The molecule has 1 aliphatic carbocycles. The van der Waals surface area contributed by atoms with Crippen LogP contribution in [0.15, 0.2) is 48.0 Å². The van der Waals surface area contributed by atoms with Gasteiger partial charge in [0.2, 0.25) is 0 Å². The van der Waals surface area contributed by atoms with Crippen LogP contribution in [0.1, 0.15) is 59.0 Å². The third-order valence-electron chi connectivity index (χ3n) is 6.12. The first kappa shape index (κ1) is 22.1. The second-order valence-corrected chi connectivity index (χ2v) is 9.19. The van der Waals surface area contributed by atoms with Crippen molar-refractivity contribution >= 4 is 11.3 Å². The zero-order valence-electron chi connectivity index (χ0n) is 17.7. The number of aryl methyl sites for hydroxylation is 2. The highest BCUT2D eigenvalue weighted by Gasteiger charge is 2.27. The molecule has 2 N–H and O–H groups in total. The number of aliphatic hydroxyl groups excluding tert-OH is 1. The molecule has 0 aliphatic heterocycles. The molecular weight excluding hydrogens is 414 g/mol. The molecule has 3 nitrogen and oxygen atoms in total. The smallest absolute Gasteiger partial charge is 0.126 e. The highest BCUT2D eigenvalue weighted by molar-refractivity contribution is 7.09. The normalized spacial score (nSPS) is 17.9. The van der Waals surface area contributed by atoms with Gasteiger partial charge in [0.25, 0.3) is 0 Å². The van der Waals surface area contributed by atoms with Gasteiger partial charge in [-0.2, -0.15) is 0 Å². The highest BCUT2D eigenvalue weighted by atomic mass is 32.1. The number of aliphatic hydroxyl groups is 1. The molecule has 1 aliphatic rings. The molecule has 0 saturated carbocycles. The van der Waals surface area contributed by atoms with Gasteiger partial charge < -0.3 is 10.4 Å². The van der Waals surface area contributed by atoms with Crippen molar-refractivity contribution in [2.75, 3.05) is 6.54 Å². The van der Waals surface area contributed by atoms with E-state index >= 15 is 0 Å². The lowest BCUT2D eigenvalue weighted by molar-refractivity contribution is 0.134. The van der Waals surface area contributed by atoms with Crippen molar-refractivity contribution in [3.63, 3.8) is 0 Å². The SMILES string of the molecule is CCc1ccc2c(c1)C(NCC(O)C(Cc1cc(F)cc(F)c1)c1nccs1)CCC2. The van der Waals surface area contributed by atoms with Gasteiger partial charge >= 0.3 is 0 Å². The molecule has 164 valence electrons. The number of hydrogen-bond acceptors (Lipinski definition) is 4. The summed E-state index contributed by atoms with van der Waals surface area (Å²) >= 11 is 1.46. The van der Waals surface area contributed by atoms with Crippen LogP contribution in [0.2, 0.25) is 0 Å². The number of thiazole rings is 1. The van der Waals surface area contributed by atoms with Crippen molar-refractivity contribution in [2.24, 2.45) is 0 Å². The summed E-state index contributed by atoms with van der Waals surface area (Å²) < 4.78 is 27.4. The zero-order chi connectivity index (χ0) is 21.8. The van der Waals surface area contributed by atoms with Crippen LogP contribution in [0.3, 0.4) is 0 Å². The van der Waals surface area contributed by atoms with Gasteiger partial charge in [0.15, 0.2) is 0 Å². The van der Waals surface area contributed by atoms with Gasteiger partial charge in [-0.3, -0.25) is 0 Å². The Labute approximate surface area is 186 Å². The molecule has 0 bridgehead atoms. The Hall–Kier alpha value is -2.15. The number of halogens is 2. The van der Waals surface area contributed by atoms with E-state index in [2.05, 4.69) is 35.4 Å². The monoisotopic (exact) mass is 442 g/mol. The van der Waals surface area contributed by atoms with Crippen molar-refractivity contribution < 1.29 is 13.9 Å². The largest absolute Gasteiger partial charge is 0.391 e. The minimum atomic E-state index is -0.725. The predicted molar refractivity (Wildman–Crippen MR) is 120 cm³/mol. The highest BCUT2D eigenvalue weighted by Crippen LogP contribution is 2.32. The van der Waals surface area contributed by atoms with Gasteiger partial charge in [0.05, 0.1) is 11.1 Å². The van der Waals surface area contributed by atoms with Gasteiger partial charge in [-0.15, -0.1) is 11.3 Å². The van der Waals surface area contributed by atoms with E-state index in [-0.39, 0.29) is 12.0 Å². The van der Waals surface area contributed by atoms with E-state index < -0.39 is 17.7 Å². The van der Waals surface area contributed by atoms with Gasteiger partial charge in [-0.25, -0.2) is 13.8 Å².